The molecule has 1 aliphatic carbocycles. The van der Waals surface area contributed by atoms with Gasteiger partial charge in [-0.3, -0.25) is 9.78 Å². The van der Waals surface area contributed by atoms with Gasteiger partial charge in [0.25, 0.3) is 0 Å². The van der Waals surface area contributed by atoms with Crippen molar-refractivity contribution in [3.63, 3.8) is 0 Å². The molecule has 19 heavy (non-hydrogen) atoms. The average molecular weight is 261 g/mol. The van der Waals surface area contributed by atoms with Gasteiger partial charge in [0.15, 0.2) is 0 Å². The first-order valence-corrected chi connectivity index (χ1v) is 6.96. The summed E-state index contributed by atoms with van der Waals surface area (Å²) in [6.07, 6.45) is 7.31. The summed E-state index contributed by atoms with van der Waals surface area (Å²) in [5.74, 6) is 0.767. The van der Waals surface area contributed by atoms with Gasteiger partial charge < -0.3 is 11.1 Å². The minimum absolute atomic E-state index is 0.117. The number of nitrogens with one attached hydrogen (secondary N) is 1. The predicted molar refractivity (Wildman–Crippen MR) is 76.6 cm³/mol. The minimum atomic E-state index is -0.132. The largest absolute Gasteiger partial charge is 0.326 e. The lowest BCUT2D eigenvalue weighted by atomic mass is 9.73. The molecule has 0 radical (unpaired) electrons. The van der Waals surface area contributed by atoms with Gasteiger partial charge >= 0.3 is 0 Å². The van der Waals surface area contributed by atoms with E-state index in [2.05, 4.69) is 24.1 Å². The summed E-state index contributed by atoms with van der Waals surface area (Å²) in [5.41, 5.74) is 6.84. The highest BCUT2D eigenvalue weighted by atomic mass is 16.1. The van der Waals surface area contributed by atoms with E-state index in [0.717, 1.165) is 31.4 Å². The van der Waals surface area contributed by atoms with Gasteiger partial charge in [-0.25, -0.2) is 0 Å². The lowest BCUT2D eigenvalue weighted by Gasteiger charge is -2.36. The van der Waals surface area contributed by atoms with Gasteiger partial charge in [0.05, 0.1) is 0 Å². The quantitative estimate of drug-likeness (QED) is 0.878. The van der Waals surface area contributed by atoms with Gasteiger partial charge in [0, 0.05) is 29.5 Å². The molecule has 1 aliphatic rings. The van der Waals surface area contributed by atoms with E-state index in [-0.39, 0.29) is 17.4 Å². The van der Waals surface area contributed by atoms with E-state index in [0.29, 0.717) is 5.92 Å². The number of aromatic nitrogens is 1. The minimum Gasteiger partial charge on any atom is -0.326 e. The van der Waals surface area contributed by atoms with Crippen LogP contribution in [0.15, 0.2) is 24.5 Å². The third-order valence-corrected chi connectivity index (χ3v) is 4.10. The van der Waals surface area contributed by atoms with Crippen LogP contribution in [0, 0.1) is 11.8 Å². The molecule has 0 aliphatic heterocycles. The number of amides is 1. The lowest BCUT2D eigenvalue weighted by molar-refractivity contribution is -0.121. The van der Waals surface area contributed by atoms with Crippen LogP contribution in [0.25, 0.3) is 0 Å². The Morgan fingerprint density at radius 3 is 2.37 bits per heavy atom. The van der Waals surface area contributed by atoms with E-state index in [9.17, 15) is 4.79 Å². The molecule has 3 N–H and O–H groups in total. The van der Waals surface area contributed by atoms with Gasteiger partial charge in [-0.05, 0) is 57.6 Å². The van der Waals surface area contributed by atoms with E-state index in [1.807, 2.05) is 12.1 Å². The highest BCUT2D eigenvalue weighted by Crippen LogP contribution is 2.34. The molecule has 1 heterocycles. The van der Waals surface area contributed by atoms with Crippen LogP contribution in [-0.2, 0) is 4.79 Å². The van der Waals surface area contributed by atoms with Gasteiger partial charge in [-0.15, -0.1) is 0 Å². The van der Waals surface area contributed by atoms with Gasteiger partial charge in [-0.1, -0.05) is 0 Å². The van der Waals surface area contributed by atoms with Crippen LogP contribution in [0.5, 0.6) is 0 Å². The first kappa shape index (κ1) is 14.0. The van der Waals surface area contributed by atoms with Crippen molar-refractivity contribution in [1.29, 1.82) is 0 Å². The molecule has 0 saturated heterocycles. The lowest BCUT2D eigenvalue weighted by Crippen LogP contribution is -2.43. The fourth-order valence-electron chi connectivity index (χ4n) is 2.78. The molecule has 1 saturated carbocycles. The zero-order valence-electron chi connectivity index (χ0n) is 11.7. The number of carbonyl (C=O) groups excluding carboxylic acids is 1. The van der Waals surface area contributed by atoms with Crippen LogP contribution in [0.4, 0.5) is 5.69 Å². The van der Waals surface area contributed by atoms with Crippen molar-refractivity contribution in [2.75, 3.05) is 5.32 Å². The molecule has 4 nitrogen and oxygen atoms in total. The van der Waals surface area contributed by atoms with Crippen LogP contribution in [0.2, 0.25) is 0 Å². The monoisotopic (exact) mass is 261 g/mol. The van der Waals surface area contributed by atoms with E-state index in [1.54, 1.807) is 12.4 Å². The fourth-order valence-corrected chi connectivity index (χ4v) is 2.78. The van der Waals surface area contributed by atoms with E-state index >= 15 is 0 Å². The fraction of sp³-hybridized carbons (Fsp3) is 0.600. The second-order valence-corrected chi connectivity index (χ2v) is 6.10. The Kier molecular flexibility index (Phi) is 4.20. The Balaban J connectivity index is 1.86. The van der Waals surface area contributed by atoms with Crippen molar-refractivity contribution in [2.24, 2.45) is 17.6 Å². The van der Waals surface area contributed by atoms with Crippen molar-refractivity contribution in [3.8, 4) is 0 Å². The average Bonchev–Trinajstić information content (AvgIpc) is 2.39. The maximum Gasteiger partial charge on any atom is 0.227 e. The van der Waals surface area contributed by atoms with E-state index < -0.39 is 0 Å². The molecule has 0 bridgehead atoms. The van der Waals surface area contributed by atoms with Crippen LogP contribution < -0.4 is 11.1 Å². The summed E-state index contributed by atoms with van der Waals surface area (Å²) in [5, 5.41) is 2.96. The smallest absolute Gasteiger partial charge is 0.227 e. The molecular weight excluding hydrogens is 238 g/mol. The Bertz CT molecular complexity index is 417. The number of nitrogens with two attached hydrogens (primary N) is 1. The molecule has 104 valence electrons. The Labute approximate surface area is 114 Å². The van der Waals surface area contributed by atoms with Crippen LogP contribution in [0.3, 0.4) is 0 Å². The molecule has 1 fully saturated rings. The van der Waals surface area contributed by atoms with E-state index in [1.165, 1.54) is 0 Å². The first-order chi connectivity index (χ1) is 8.97. The zero-order chi connectivity index (χ0) is 13.9. The number of anilines is 1. The topological polar surface area (TPSA) is 68.0 Å². The maximum atomic E-state index is 12.2. The summed E-state index contributed by atoms with van der Waals surface area (Å²) in [6.45, 7) is 4.16. The van der Waals surface area contributed by atoms with Crippen molar-refractivity contribution in [3.05, 3.63) is 24.5 Å². The number of hydrogen-bond donors (Lipinski definition) is 2. The zero-order valence-corrected chi connectivity index (χ0v) is 11.7. The number of pyridine rings is 1. The van der Waals surface area contributed by atoms with Crippen molar-refractivity contribution in [2.45, 2.75) is 45.1 Å². The molecular formula is C15H23N3O. The molecule has 4 heteroatoms. The second-order valence-electron chi connectivity index (χ2n) is 6.10. The van der Waals surface area contributed by atoms with Gasteiger partial charge in [0.1, 0.15) is 0 Å². The van der Waals surface area contributed by atoms with Gasteiger partial charge in [0.2, 0.25) is 5.91 Å². The van der Waals surface area contributed by atoms with Crippen LogP contribution >= 0.6 is 0 Å². The number of carbonyl (C=O) groups is 1. The van der Waals surface area contributed by atoms with Crippen molar-refractivity contribution in [1.82, 2.24) is 4.98 Å². The third kappa shape index (κ3) is 3.77. The maximum absolute atomic E-state index is 12.2. The Morgan fingerprint density at radius 1 is 1.26 bits per heavy atom. The molecule has 0 spiro atoms. The molecule has 2 rings (SSSR count). The number of hydrogen-bond acceptors (Lipinski definition) is 3. The van der Waals surface area contributed by atoms with Crippen LogP contribution in [-0.4, -0.2) is 16.4 Å². The third-order valence-electron chi connectivity index (χ3n) is 4.10. The summed E-state index contributed by atoms with van der Waals surface area (Å²) >= 11 is 0. The molecule has 0 unspecified atom stereocenters. The highest BCUT2D eigenvalue weighted by molar-refractivity contribution is 5.92. The molecule has 1 aromatic heterocycles. The standard InChI is InChI=1S/C15H23N3O/c1-15(2,16)12-5-3-11(4-6-12)14(19)18-13-7-9-17-10-8-13/h7-12H,3-6,16H2,1-2H3,(H,17,18,19)/t11-,12-. The molecule has 0 atom stereocenters. The van der Waals surface area contributed by atoms with Gasteiger partial charge in [-0.2, -0.15) is 0 Å². The SMILES string of the molecule is CC(C)(N)[C@H]1CC[C@H](C(=O)Nc2ccncc2)CC1. The summed E-state index contributed by atoms with van der Waals surface area (Å²) in [6, 6.07) is 3.62. The van der Waals surface area contributed by atoms with Crippen LogP contribution in [0.1, 0.15) is 39.5 Å². The summed E-state index contributed by atoms with van der Waals surface area (Å²) < 4.78 is 0. The summed E-state index contributed by atoms with van der Waals surface area (Å²) in [7, 11) is 0. The molecule has 1 amide bonds. The first-order valence-electron chi connectivity index (χ1n) is 6.96. The second kappa shape index (κ2) is 5.70. The highest BCUT2D eigenvalue weighted by Gasteiger charge is 2.32. The Morgan fingerprint density at radius 2 is 1.84 bits per heavy atom. The summed E-state index contributed by atoms with van der Waals surface area (Å²) in [4.78, 5) is 16.1. The molecule has 0 aromatic carbocycles. The van der Waals surface area contributed by atoms with Crippen molar-refractivity contribution < 1.29 is 4.79 Å². The molecule has 1 aromatic rings. The van der Waals surface area contributed by atoms with Crippen molar-refractivity contribution >= 4 is 11.6 Å². The normalized spacial score (nSPS) is 23.9. The number of rotatable bonds is 3. The number of nitrogens with zero attached hydrogens (tertiary/aromatic N) is 1. The Hall–Kier alpha value is -1.42. The predicted octanol–water partition coefficient (Wildman–Crippen LogP) is 2.56. The van der Waals surface area contributed by atoms with E-state index in [4.69, 9.17) is 5.73 Å².